The number of hydrogen-bond acceptors (Lipinski definition) is 2. The molecule has 0 aliphatic carbocycles. The Hall–Kier alpha value is -1.24. The molecule has 1 saturated heterocycles. The summed E-state index contributed by atoms with van der Waals surface area (Å²) < 4.78 is 0. The van der Waals surface area contributed by atoms with Crippen LogP contribution in [0.5, 0.6) is 0 Å². The fourth-order valence-corrected chi connectivity index (χ4v) is 1.29. The van der Waals surface area contributed by atoms with Gasteiger partial charge in [-0.2, -0.15) is 5.26 Å². The predicted molar refractivity (Wildman–Crippen MR) is 39.8 cm³/mol. The van der Waals surface area contributed by atoms with Crippen LogP contribution in [0.3, 0.4) is 0 Å². The lowest BCUT2D eigenvalue weighted by molar-refractivity contribution is 0.203. The summed E-state index contributed by atoms with van der Waals surface area (Å²) >= 11 is 0. The molecule has 4 nitrogen and oxygen atoms in total. The highest BCUT2D eigenvalue weighted by Crippen LogP contribution is 2.15. The van der Waals surface area contributed by atoms with Gasteiger partial charge in [-0.25, -0.2) is 4.79 Å². The van der Waals surface area contributed by atoms with E-state index in [9.17, 15) is 4.79 Å². The SMILES string of the molecule is CNC(=O)N1CCCC1C#N. The first kappa shape index (κ1) is 7.86. The largest absolute Gasteiger partial charge is 0.341 e. The number of carbonyl (C=O) groups excluding carboxylic acids is 1. The number of likely N-dealkylation sites (tertiary alicyclic amines) is 1. The molecule has 0 bridgehead atoms. The molecule has 0 radical (unpaired) electrons. The second-order valence-corrected chi connectivity index (χ2v) is 2.54. The molecule has 0 saturated carbocycles. The zero-order valence-electron chi connectivity index (χ0n) is 6.50. The highest BCUT2D eigenvalue weighted by atomic mass is 16.2. The molecule has 1 N–H and O–H groups in total. The van der Waals surface area contributed by atoms with Crippen LogP contribution in [-0.2, 0) is 0 Å². The van der Waals surface area contributed by atoms with Crippen LogP contribution in [0.25, 0.3) is 0 Å². The number of carbonyl (C=O) groups is 1. The van der Waals surface area contributed by atoms with Gasteiger partial charge in [0.05, 0.1) is 6.07 Å². The lowest BCUT2D eigenvalue weighted by Gasteiger charge is -2.17. The van der Waals surface area contributed by atoms with Gasteiger partial charge in [-0.05, 0) is 12.8 Å². The summed E-state index contributed by atoms with van der Waals surface area (Å²) in [6.45, 7) is 0.706. The Kier molecular flexibility index (Phi) is 2.32. The number of amides is 2. The minimum Gasteiger partial charge on any atom is -0.341 e. The minimum absolute atomic E-state index is 0.144. The molecule has 0 aromatic heterocycles. The van der Waals surface area contributed by atoms with Crippen LogP contribution >= 0.6 is 0 Å². The maximum atomic E-state index is 11.0. The smallest absolute Gasteiger partial charge is 0.318 e. The van der Waals surface area contributed by atoms with Crippen molar-refractivity contribution in [1.82, 2.24) is 10.2 Å². The van der Waals surface area contributed by atoms with E-state index in [4.69, 9.17) is 5.26 Å². The minimum atomic E-state index is -0.213. The number of nitriles is 1. The van der Waals surface area contributed by atoms with E-state index in [1.165, 1.54) is 0 Å². The summed E-state index contributed by atoms with van der Waals surface area (Å²) in [7, 11) is 1.58. The normalized spacial score (nSPS) is 22.9. The zero-order valence-corrected chi connectivity index (χ0v) is 6.50. The lowest BCUT2D eigenvalue weighted by Crippen LogP contribution is -2.40. The second-order valence-electron chi connectivity index (χ2n) is 2.54. The first-order valence-electron chi connectivity index (χ1n) is 3.67. The molecule has 0 spiro atoms. The molecule has 1 fully saturated rings. The van der Waals surface area contributed by atoms with Gasteiger partial charge in [0, 0.05) is 13.6 Å². The fourth-order valence-electron chi connectivity index (χ4n) is 1.29. The van der Waals surface area contributed by atoms with E-state index in [2.05, 4.69) is 11.4 Å². The van der Waals surface area contributed by atoms with Crippen molar-refractivity contribution in [1.29, 1.82) is 5.26 Å². The Morgan fingerprint density at radius 1 is 1.82 bits per heavy atom. The molecule has 1 unspecified atom stereocenters. The molecule has 1 heterocycles. The number of urea groups is 1. The van der Waals surface area contributed by atoms with Crippen LogP contribution in [0, 0.1) is 11.3 Å². The second kappa shape index (κ2) is 3.24. The molecule has 1 aliphatic heterocycles. The average Bonchev–Trinajstić information content (AvgIpc) is 2.50. The lowest BCUT2D eigenvalue weighted by atomic mass is 10.2. The van der Waals surface area contributed by atoms with Gasteiger partial charge in [-0.15, -0.1) is 0 Å². The van der Waals surface area contributed by atoms with Gasteiger partial charge in [0.2, 0.25) is 0 Å². The van der Waals surface area contributed by atoms with Crippen LogP contribution in [-0.4, -0.2) is 30.6 Å². The van der Waals surface area contributed by atoms with Crippen molar-refractivity contribution in [2.24, 2.45) is 0 Å². The van der Waals surface area contributed by atoms with E-state index < -0.39 is 0 Å². The fraction of sp³-hybridized carbons (Fsp3) is 0.714. The third-order valence-corrected chi connectivity index (χ3v) is 1.88. The quantitative estimate of drug-likeness (QED) is 0.544. The Morgan fingerprint density at radius 3 is 3.09 bits per heavy atom. The molecule has 0 aromatic rings. The van der Waals surface area contributed by atoms with Gasteiger partial charge in [0.25, 0.3) is 0 Å². The van der Waals surface area contributed by atoms with Gasteiger partial charge in [-0.3, -0.25) is 0 Å². The molecule has 4 heteroatoms. The highest BCUT2D eigenvalue weighted by molar-refractivity contribution is 5.74. The third kappa shape index (κ3) is 1.43. The number of nitrogens with zero attached hydrogens (tertiary/aromatic N) is 2. The van der Waals surface area contributed by atoms with Crippen LogP contribution in [0.2, 0.25) is 0 Å². The summed E-state index contributed by atoms with van der Waals surface area (Å²) in [5, 5.41) is 11.1. The monoisotopic (exact) mass is 153 g/mol. The van der Waals surface area contributed by atoms with E-state index >= 15 is 0 Å². The molecule has 2 amide bonds. The van der Waals surface area contributed by atoms with Gasteiger partial charge in [0.15, 0.2) is 0 Å². The van der Waals surface area contributed by atoms with Crippen molar-refractivity contribution in [3.05, 3.63) is 0 Å². The molecule has 60 valence electrons. The van der Waals surface area contributed by atoms with Crippen LogP contribution in [0.1, 0.15) is 12.8 Å². The molecule has 0 aromatic carbocycles. The summed E-state index contributed by atoms with van der Waals surface area (Å²) in [6.07, 6.45) is 1.75. The summed E-state index contributed by atoms with van der Waals surface area (Å²) in [4.78, 5) is 12.6. The first-order valence-corrected chi connectivity index (χ1v) is 3.67. The van der Waals surface area contributed by atoms with Crippen molar-refractivity contribution in [3.63, 3.8) is 0 Å². The van der Waals surface area contributed by atoms with Crippen molar-refractivity contribution >= 4 is 6.03 Å². The van der Waals surface area contributed by atoms with Crippen molar-refractivity contribution in [3.8, 4) is 6.07 Å². The number of nitrogens with one attached hydrogen (secondary N) is 1. The Bertz CT molecular complexity index is 196. The molecular weight excluding hydrogens is 142 g/mol. The average molecular weight is 153 g/mol. The molecule has 1 rings (SSSR count). The van der Waals surface area contributed by atoms with Crippen LogP contribution in [0.4, 0.5) is 4.79 Å². The van der Waals surface area contributed by atoms with Crippen LogP contribution < -0.4 is 5.32 Å². The van der Waals surface area contributed by atoms with Crippen LogP contribution in [0.15, 0.2) is 0 Å². The Labute approximate surface area is 65.8 Å². The third-order valence-electron chi connectivity index (χ3n) is 1.88. The van der Waals surface area contributed by atoms with Gasteiger partial charge in [-0.1, -0.05) is 0 Å². The van der Waals surface area contributed by atoms with E-state index in [0.717, 1.165) is 12.8 Å². The van der Waals surface area contributed by atoms with E-state index in [1.54, 1.807) is 11.9 Å². The first-order chi connectivity index (χ1) is 5.29. The highest BCUT2D eigenvalue weighted by Gasteiger charge is 2.27. The van der Waals surface area contributed by atoms with Gasteiger partial charge in [0.1, 0.15) is 6.04 Å². The number of rotatable bonds is 0. The topological polar surface area (TPSA) is 56.1 Å². The standard InChI is InChI=1S/C7H11N3O/c1-9-7(11)10-4-2-3-6(10)5-8/h6H,2-4H2,1H3,(H,9,11). The molecule has 1 atom stereocenters. The van der Waals surface area contributed by atoms with E-state index in [-0.39, 0.29) is 12.1 Å². The summed E-state index contributed by atoms with van der Waals surface area (Å²) in [5.74, 6) is 0. The van der Waals surface area contributed by atoms with E-state index in [0.29, 0.717) is 6.54 Å². The molecule has 1 aliphatic rings. The maximum absolute atomic E-state index is 11.0. The number of hydrogen-bond donors (Lipinski definition) is 1. The zero-order chi connectivity index (χ0) is 8.27. The molecule has 11 heavy (non-hydrogen) atoms. The maximum Gasteiger partial charge on any atom is 0.318 e. The van der Waals surface area contributed by atoms with Gasteiger partial charge < -0.3 is 10.2 Å². The van der Waals surface area contributed by atoms with Crippen molar-refractivity contribution < 1.29 is 4.79 Å². The van der Waals surface area contributed by atoms with Crippen molar-refractivity contribution in [2.45, 2.75) is 18.9 Å². The predicted octanol–water partition coefficient (Wildman–Crippen LogP) is 0.314. The summed E-state index contributed by atoms with van der Waals surface area (Å²) in [5.41, 5.74) is 0. The Balaban J connectivity index is 2.58. The molecular formula is C7H11N3O. The summed E-state index contributed by atoms with van der Waals surface area (Å²) in [6, 6.07) is 1.74. The van der Waals surface area contributed by atoms with E-state index in [1.807, 2.05) is 0 Å². The van der Waals surface area contributed by atoms with Crippen molar-refractivity contribution in [2.75, 3.05) is 13.6 Å². The Morgan fingerprint density at radius 2 is 2.55 bits per heavy atom. The van der Waals surface area contributed by atoms with Gasteiger partial charge >= 0.3 is 6.03 Å².